The summed E-state index contributed by atoms with van der Waals surface area (Å²) in [6.45, 7) is 3.34. The molecule has 1 aromatic rings. The van der Waals surface area contributed by atoms with E-state index in [4.69, 9.17) is 14.2 Å². The average Bonchev–Trinajstić information content (AvgIpc) is 2.74. The molecule has 0 amide bonds. The first-order valence-electron chi connectivity index (χ1n) is 9.77. The number of esters is 3. The van der Waals surface area contributed by atoms with Gasteiger partial charge in [0.2, 0.25) is 6.10 Å². The van der Waals surface area contributed by atoms with Crippen molar-refractivity contribution in [3.05, 3.63) is 54.5 Å². The van der Waals surface area contributed by atoms with Crippen molar-refractivity contribution in [3.63, 3.8) is 0 Å². The van der Waals surface area contributed by atoms with Crippen molar-refractivity contribution in [2.75, 3.05) is 13.2 Å². The lowest BCUT2D eigenvalue weighted by molar-refractivity contribution is -0.184. The van der Waals surface area contributed by atoms with E-state index in [0.29, 0.717) is 12.0 Å². The number of ether oxygens (including phenoxy) is 3. The van der Waals surface area contributed by atoms with Crippen LogP contribution in [0, 0.1) is 12.3 Å². The number of benzene rings is 1. The van der Waals surface area contributed by atoms with E-state index in [-0.39, 0.29) is 13.2 Å². The molecule has 7 nitrogen and oxygen atoms in total. The molecule has 157 valence electrons. The Bertz CT molecular complexity index is 728. The van der Waals surface area contributed by atoms with Crippen LogP contribution in [0.25, 0.3) is 0 Å². The van der Waals surface area contributed by atoms with Gasteiger partial charge in [-0.25, -0.2) is 9.59 Å². The quantitative estimate of drug-likeness (QED) is 0.384. The molecule has 7 heteroatoms. The first kappa shape index (κ1) is 22.6. The molecule has 0 fully saturated rings. The minimum absolute atomic E-state index is 0.0395. The van der Waals surface area contributed by atoms with Crippen molar-refractivity contribution in [1.29, 1.82) is 0 Å². The molecule has 1 aliphatic carbocycles. The smallest absolute Gasteiger partial charge is 0.348 e. The number of rotatable bonds is 9. The van der Waals surface area contributed by atoms with Crippen molar-refractivity contribution < 1.29 is 33.7 Å². The SMILES string of the molecule is CCOC(=O)[CH]C(OC(=O)C(O)(c1ccccc1)C1C=CCCC1)C(=O)OCC. The van der Waals surface area contributed by atoms with Gasteiger partial charge < -0.3 is 19.3 Å². The van der Waals surface area contributed by atoms with Crippen molar-refractivity contribution in [3.8, 4) is 0 Å². The van der Waals surface area contributed by atoms with E-state index >= 15 is 0 Å². The molecule has 0 saturated heterocycles. The van der Waals surface area contributed by atoms with Crippen LogP contribution in [0.2, 0.25) is 0 Å². The van der Waals surface area contributed by atoms with Crippen LogP contribution in [0.1, 0.15) is 38.7 Å². The van der Waals surface area contributed by atoms with Gasteiger partial charge in [-0.2, -0.15) is 0 Å². The molecule has 1 N–H and O–H groups in total. The Kier molecular flexibility index (Phi) is 8.39. The molecule has 0 bridgehead atoms. The predicted molar refractivity (Wildman–Crippen MR) is 104 cm³/mol. The van der Waals surface area contributed by atoms with Gasteiger partial charge in [0.15, 0.2) is 5.60 Å². The fourth-order valence-corrected chi connectivity index (χ4v) is 3.23. The van der Waals surface area contributed by atoms with Crippen LogP contribution in [0.3, 0.4) is 0 Å². The zero-order valence-electron chi connectivity index (χ0n) is 16.7. The molecular weight excluding hydrogens is 376 g/mol. The van der Waals surface area contributed by atoms with Crippen LogP contribution in [0.4, 0.5) is 0 Å². The van der Waals surface area contributed by atoms with Gasteiger partial charge in [0, 0.05) is 5.92 Å². The highest BCUT2D eigenvalue weighted by Crippen LogP contribution is 2.38. The Morgan fingerprint density at radius 2 is 1.86 bits per heavy atom. The highest BCUT2D eigenvalue weighted by atomic mass is 16.6. The van der Waals surface area contributed by atoms with Crippen LogP contribution >= 0.6 is 0 Å². The molecule has 3 unspecified atom stereocenters. The maximum absolute atomic E-state index is 13.1. The number of carbonyl (C=O) groups excluding carboxylic acids is 3. The molecule has 0 aromatic heterocycles. The summed E-state index contributed by atoms with van der Waals surface area (Å²) in [5.41, 5.74) is -1.66. The van der Waals surface area contributed by atoms with Gasteiger partial charge in [-0.05, 0) is 38.7 Å². The summed E-state index contributed by atoms with van der Waals surface area (Å²) in [5, 5.41) is 11.5. The summed E-state index contributed by atoms with van der Waals surface area (Å²) < 4.78 is 15.0. The maximum Gasteiger partial charge on any atom is 0.348 e. The number of aliphatic hydroxyl groups is 1. The third-order valence-corrected chi connectivity index (χ3v) is 4.64. The fraction of sp³-hybridized carbons (Fsp3) is 0.455. The average molecular weight is 403 g/mol. The van der Waals surface area contributed by atoms with Crippen LogP contribution in [0.15, 0.2) is 42.5 Å². The first-order chi connectivity index (χ1) is 13.9. The number of allylic oxidation sites excluding steroid dienone is 1. The van der Waals surface area contributed by atoms with E-state index < -0.39 is 35.5 Å². The largest absolute Gasteiger partial charge is 0.466 e. The van der Waals surface area contributed by atoms with E-state index in [1.807, 2.05) is 6.08 Å². The molecule has 3 atom stereocenters. The molecule has 0 spiro atoms. The lowest BCUT2D eigenvalue weighted by atomic mass is 9.76. The summed E-state index contributed by atoms with van der Waals surface area (Å²) in [6.07, 6.45) is 5.14. The second-order valence-electron chi connectivity index (χ2n) is 6.59. The summed E-state index contributed by atoms with van der Waals surface area (Å²) >= 11 is 0. The molecule has 2 rings (SSSR count). The Labute approximate surface area is 170 Å². The van der Waals surface area contributed by atoms with E-state index in [0.717, 1.165) is 19.3 Å². The van der Waals surface area contributed by atoms with E-state index in [9.17, 15) is 19.5 Å². The van der Waals surface area contributed by atoms with Gasteiger partial charge in [-0.3, -0.25) is 4.79 Å². The van der Waals surface area contributed by atoms with E-state index in [1.54, 1.807) is 50.3 Å². The van der Waals surface area contributed by atoms with E-state index in [1.165, 1.54) is 0 Å². The topological polar surface area (TPSA) is 99.1 Å². The Morgan fingerprint density at radius 3 is 2.45 bits per heavy atom. The second-order valence-corrected chi connectivity index (χ2v) is 6.59. The van der Waals surface area contributed by atoms with Gasteiger partial charge in [0.25, 0.3) is 0 Å². The lowest BCUT2D eigenvalue weighted by Gasteiger charge is -2.35. The predicted octanol–water partition coefficient (Wildman–Crippen LogP) is 2.47. The normalized spacial score (nSPS) is 18.9. The summed E-state index contributed by atoms with van der Waals surface area (Å²) in [6, 6.07) is 8.42. The highest BCUT2D eigenvalue weighted by Gasteiger charge is 2.48. The van der Waals surface area contributed by atoms with Crippen molar-refractivity contribution in [1.82, 2.24) is 0 Å². The van der Waals surface area contributed by atoms with Crippen LogP contribution in [-0.4, -0.2) is 42.3 Å². The lowest BCUT2D eigenvalue weighted by Crippen LogP contribution is -2.47. The number of carbonyl (C=O) groups is 3. The third-order valence-electron chi connectivity index (χ3n) is 4.64. The van der Waals surface area contributed by atoms with Crippen LogP contribution in [-0.2, 0) is 34.2 Å². The van der Waals surface area contributed by atoms with Crippen LogP contribution < -0.4 is 0 Å². The summed E-state index contributed by atoms with van der Waals surface area (Å²) in [4.78, 5) is 37.2. The highest BCUT2D eigenvalue weighted by molar-refractivity contribution is 5.92. The van der Waals surface area contributed by atoms with Gasteiger partial charge in [-0.1, -0.05) is 42.5 Å². The monoisotopic (exact) mass is 403 g/mol. The molecule has 1 aliphatic rings. The molecule has 0 heterocycles. The molecule has 0 saturated carbocycles. The van der Waals surface area contributed by atoms with Crippen molar-refractivity contribution >= 4 is 17.9 Å². The Balaban J connectivity index is 2.32. The molecule has 29 heavy (non-hydrogen) atoms. The van der Waals surface area contributed by atoms with Gasteiger partial charge in [-0.15, -0.1) is 0 Å². The maximum atomic E-state index is 13.1. The molecule has 0 aliphatic heterocycles. The minimum atomic E-state index is -2.01. The summed E-state index contributed by atoms with van der Waals surface area (Å²) in [5.74, 6) is -3.29. The first-order valence-corrected chi connectivity index (χ1v) is 9.77. The summed E-state index contributed by atoms with van der Waals surface area (Å²) in [7, 11) is 0. The van der Waals surface area contributed by atoms with Crippen molar-refractivity contribution in [2.45, 2.75) is 44.8 Å². The van der Waals surface area contributed by atoms with E-state index in [2.05, 4.69) is 0 Å². The van der Waals surface area contributed by atoms with Crippen molar-refractivity contribution in [2.24, 2.45) is 5.92 Å². The zero-order valence-corrected chi connectivity index (χ0v) is 16.7. The van der Waals surface area contributed by atoms with Gasteiger partial charge >= 0.3 is 17.9 Å². The number of hydrogen-bond acceptors (Lipinski definition) is 7. The zero-order chi connectivity index (χ0) is 21.3. The standard InChI is InChI=1S/C22H27O7/c1-3-27-19(23)15-18(20(24)28-4-2)29-21(25)22(26,16-11-7-5-8-12-16)17-13-9-6-10-14-17/h5,7-9,11-13,15,17-18,26H,3-4,6,10,14H2,1-2H3. The van der Waals surface area contributed by atoms with Gasteiger partial charge in [0.05, 0.1) is 13.2 Å². The molecule has 1 aromatic carbocycles. The minimum Gasteiger partial charge on any atom is -0.466 e. The van der Waals surface area contributed by atoms with Gasteiger partial charge in [0.1, 0.15) is 6.42 Å². The fourth-order valence-electron chi connectivity index (χ4n) is 3.23. The Morgan fingerprint density at radius 1 is 1.17 bits per heavy atom. The number of hydrogen-bond donors (Lipinski definition) is 1. The molecular formula is C22H27O7. The second kappa shape index (κ2) is 10.8. The third kappa shape index (κ3) is 5.67. The van der Waals surface area contributed by atoms with Crippen LogP contribution in [0.5, 0.6) is 0 Å². The molecule has 1 radical (unpaired) electrons. The Hall–Kier alpha value is -2.67.